The van der Waals surface area contributed by atoms with E-state index in [1.54, 1.807) is 6.20 Å². The van der Waals surface area contributed by atoms with Crippen molar-refractivity contribution in [2.75, 3.05) is 18.4 Å². The molecule has 1 aliphatic heterocycles. The molecule has 0 bridgehead atoms. The van der Waals surface area contributed by atoms with E-state index in [4.69, 9.17) is 11.6 Å². The summed E-state index contributed by atoms with van der Waals surface area (Å²) in [5, 5.41) is 9.78. The van der Waals surface area contributed by atoms with Gasteiger partial charge in [-0.1, -0.05) is 55.8 Å². The number of piperidine rings is 1. The van der Waals surface area contributed by atoms with E-state index in [-0.39, 0.29) is 22.0 Å². The van der Waals surface area contributed by atoms with Gasteiger partial charge in [0.2, 0.25) is 0 Å². The molecule has 24 heavy (non-hydrogen) atoms. The first-order chi connectivity index (χ1) is 11.5. The van der Waals surface area contributed by atoms with Gasteiger partial charge in [-0.3, -0.25) is 9.69 Å². The highest BCUT2D eigenvalue weighted by Crippen LogP contribution is 2.33. The van der Waals surface area contributed by atoms with Gasteiger partial charge in [0.05, 0.1) is 11.9 Å². The van der Waals surface area contributed by atoms with Crippen molar-refractivity contribution in [3.8, 4) is 0 Å². The van der Waals surface area contributed by atoms with Crippen molar-refractivity contribution >= 4 is 17.3 Å². The number of anilines is 1. The van der Waals surface area contributed by atoms with Crippen LogP contribution in [0.3, 0.4) is 0 Å². The lowest BCUT2D eigenvalue weighted by Gasteiger charge is -2.45. The molecule has 0 saturated carbocycles. The zero-order valence-electron chi connectivity index (χ0n) is 14.1. The van der Waals surface area contributed by atoms with E-state index in [2.05, 4.69) is 58.5 Å². The second-order valence-corrected chi connectivity index (χ2v) is 7.48. The Hall–Kier alpha value is -1.85. The van der Waals surface area contributed by atoms with Gasteiger partial charge in [-0.15, -0.1) is 0 Å². The van der Waals surface area contributed by atoms with E-state index in [0.717, 1.165) is 26.1 Å². The van der Waals surface area contributed by atoms with Crippen LogP contribution in [0.4, 0.5) is 5.69 Å². The van der Waals surface area contributed by atoms with Crippen LogP contribution >= 0.6 is 11.6 Å². The van der Waals surface area contributed by atoms with Crippen molar-refractivity contribution in [2.45, 2.75) is 32.9 Å². The van der Waals surface area contributed by atoms with Crippen molar-refractivity contribution < 1.29 is 0 Å². The number of nitrogens with one attached hydrogen (secondary N) is 2. The van der Waals surface area contributed by atoms with E-state index in [9.17, 15) is 4.79 Å². The Morgan fingerprint density at radius 2 is 2.12 bits per heavy atom. The Kier molecular flexibility index (Phi) is 4.92. The fourth-order valence-electron chi connectivity index (χ4n) is 3.38. The maximum Gasteiger partial charge on any atom is 0.285 e. The summed E-state index contributed by atoms with van der Waals surface area (Å²) in [5.41, 5.74) is 1.64. The molecule has 1 aromatic heterocycles. The summed E-state index contributed by atoms with van der Waals surface area (Å²) in [4.78, 5) is 14.1. The third kappa shape index (κ3) is 3.79. The zero-order valence-corrected chi connectivity index (χ0v) is 14.8. The van der Waals surface area contributed by atoms with Crippen LogP contribution in [0.25, 0.3) is 0 Å². The van der Waals surface area contributed by atoms with E-state index in [1.165, 1.54) is 5.56 Å². The SMILES string of the molecule is CC1(C)CN(Cc2ccccc2)CC[C@@H]1Nc1cn[nH]c(=O)c1Cl. The molecule has 5 nitrogen and oxygen atoms in total. The number of nitrogens with zero attached hydrogens (tertiary/aromatic N) is 2. The lowest BCUT2D eigenvalue weighted by atomic mass is 9.79. The Morgan fingerprint density at radius 1 is 1.38 bits per heavy atom. The van der Waals surface area contributed by atoms with E-state index in [0.29, 0.717) is 5.69 Å². The van der Waals surface area contributed by atoms with Gasteiger partial charge < -0.3 is 5.32 Å². The maximum atomic E-state index is 11.6. The van der Waals surface area contributed by atoms with Crippen LogP contribution in [0.5, 0.6) is 0 Å². The van der Waals surface area contributed by atoms with Crippen LogP contribution in [-0.4, -0.2) is 34.2 Å². The van der Waals surface area contributed by atoms with Crippen LogP contribution in [0.2, 0.25) is 5.02 Å². The van der Waals surface area contributed by atoms with Gasteiger partial charge in [-0.05, 0) is 17.4 Å². The molecule has 1 saturated heterocycles. The van der Waals surface area contributed by atoms with Gasteiger partial charge in [0.25, 0.3) is 5.56 Å². The lowest BCUT2D eigenvalue weighted by molar-refractivity contribution is 0.0978. The molecule has 2 heterocycles. The van der Waals surface area contributed by atoms with Crippen LogP contribution in [-0.2, 0) is 6.54 Å². The molecular formula is C18H23ClN4O. The summed E-state index contributed by atoms with van der Waals surface area (Å²) in [6.07, 6.45) is 2.57. The Bertz CT molecular complexity index is 744. The third-order valence-electron chi connectivity index (χ3n) is 4.68. The quantitative estimate of drug-likeness (QED) is 0.892. The molecule has 1 atom stereocenters. The van der Waals surface area contributed by atoms with E-state index < -0.39 is 0 Å². The first kappa shape index (κ1) is 17.0. The molecule has 0 unspecified atom stereocenters. The minimum Gasteiger partial charge on any atom is -0.379 e. The topological polar surface area (TPSA) is 61.0 Å². The van der Waals surface area contributed by atoms with Crippen molar-refractivity contribution in [3.05, 3.63) is 57.5 Å². The number of aromatic nitrogens is 2. The highest BCUT2D eigenvalue weighted by atomic mass is 35.5. The largest absolute Gasteiger partial charge is 0.379 e. The van der Waals surface area contributed by atoms with Crippen molar-refractivity contribution in [1.29, 1.82) is 0 Å². The molecule has 0 spiro atoms. The predicted molar refractivity (Wildman–Crippen MR) is 97.4 cm³/mol. The number of benzene rings is 1. The average molecular weight is 347 g/mol. The van der Waals surface area contributed by atoms with Gasteiger partial charge in [-0.2, -0.15) is 5.10 Å². The molecule has 2 aromatic rings. The molecule has 6 heteroatoms. The second-order valence-electron chi connectivity index (χ2n) is 7.10. The minimum absolute atomic E-state index is 0.0545. The number of H-pyrrole nitrogens is 1. The molecule has 1 aliphatic rings. The minimum atomic E-state index is -0.360. The Balaban J connectivity index is 1.68. The normalized spacial score (nSPS) is 20.7. The zero-order chi connectivity index (χ0) is 17.2. The summed E-state index contributed by atoms with van der Waals surface area (Å²) in [5.74, 6) is 0. The molecular weight excluding hydrogens is 324 g/mol. The van der Waals surface area contributed by atoms with Gasteiger partial charge in [-0.25, -0.2) is 5.10 Å². The molecule has 3 rings (SSSR count). The smallest absolute Gasteiger partial charge is 0.285 e. The van der Waals surface area contributed by atoms with Crippen molar-refractivity contribution in [2.24, 2.45) is 5.41 Å². The number of aromatic amines is 1. The predicted octanol–water partition coefficient (Wildman–Crippen LogP) is 3.14. The van der Waals surface area contributed by atoms with E-state index in [1.807, 2.05) is 6.07 Å². The maximum absolute atomic E-state index is 11.6. The lowest BCUT2D eigenvalue weighted by Crippen LogP contribution is -2.51. The van der Waals surface area contributed by atoms with Crippen molar-refractivity contribution in [1.82, 2.24) is 15.1 Å². The molecule has 2 N–H and O–H groups in total. The van der Waals surface area contributed by atoms with Gasteiger partial charge >= 0.3 is 0 Å². The van der Waals surface area contributed by atoms with Gasteiger partial charge in [0.15, 0.2) is 0 Å². The fraction of sp³-hybridized carbons (Fsp3) is 0.444. The average Bonchev–Trinajstić information content (AvgIpc) is 2.54. The van der Waals surface area contributed by atoms with Gasteiger partial charge in [0.1, 0.15) is 5.02 Å². The fourth-order valence-corrected chi connectivity index (χ4v) is 3.53. The number of rotatable bonds is 4. The van der Waals surface area contributed by atoms with Crippen molar-refractivity contribution in [3.63, 3.8) is 0 Å². The number of hydrogen-bond acceptors (Lipinski definition) is 4. The molecule has 1 fully saturated rings. The number of likely N-dealkylation sites (tertiary alicyclic amines) is 1. The van der Waals surface area contributed by atoms with Gasteiger partial charge in [0, 0.05) is 25.7 Å². The second kappa shape index (κ2) is 6.95. The summed E-state index contributed by atoms with van der Waals surface area (Å²) < 4.78 is 0. The Morgan fingerprint density at radius 3 is 2.83 bits per heavy atom. The number of hydrogen-bond donors (Lipinski definition) is 2. The molecule has 128 valence electrons. The standard InChI is InChI=1S/C18H23ClN4O/c1-18(2)12-23(11-13-6-4-3-5-7-13)9-8-15(18)21-14-10-20-22-17(24)16(14)19/h3-7,10,15H,8-9,11-12H2,1-2H3,(H2,21,22,24)/t15-/m0/s1. The first-order valence-corrected chi connectivity index (χ1v) is 8.59. The summed E-state index contributed by atoms with van der Waals surface area (Å²) in [7, 11) is 0. The van der Waals surface area contributed by atoms with Crippen LogP contribution in [0.1, 0.15) is 25.8 Å². The Labute approximate surface area is 147 Å². The highest BCUT2D eigenvalue weighted by molar-refractivity contribution is 6.32. The summed E-state index contributed by atoms with van der Waals surface area (Å²) in [6, 6.07) is 10.8. The van der Waals surface area contributed by atoms with Crippen LogP contribution in [0.15, 0.2) is 41.3 Å². The molecule has 0 amide bonds. The molecule has 0 aliphatic carbocycles. The van der Waals surface area contributed by atoms with Crippen LogP contribution < -0.4 is 10.9 Å². The summed E-state index contributed by atoms with van der Waals surface area (Å²) in [6.45, 7) is 7.44. The van der Waals surface area contributed by atoms with E-state index >= 15 is 0 Å². The number of halogens is 1. The molecule has 0 radical (unpaired) electrons. The molecule has 1 aromatic carbocycles. The van der Waals surface area contributed by atoms with Crippen LogP contribution in [0, 0.1) is 5.41 Å². The monoisotopic (exact) mass is 346 g/mol. The summed E-state index contributed by atoms with van der Waals surface area (Å²) >= 11 is 6.08. The highest BCUT2D eigenvalue weighted by Gasteiger charge is 2.36. The third-order valence-corrected chi connectivity index (χ3v) is 5.06. The first-order valence-electron chi connectivity index (χ1n) is 8.22.